The van der Waals surface area contributed by atoms with Crippen molar-refractivity contribution in [3.05, 3.63) is 63.5 Å². The number of ketones is 1. The molecule has 1 aromatic carbocycles. The van der Waals surface area contributed by atoms with Gasteiger partial charge in [-0.25, -0.2) is 8.42 Å². The van der Waals surface area contributed by atoms with Crippen molar-refractivity contribution in [3.8, 4) is 11.8 Å². The van der Waals surface area contributed by atoms with Gasteiger partial charge in [0, 0.05) is 60.4 Å². The first-order chi connectivity index (χ1) is 19.2. The molecule has 0 fully saturated rings. The Morgan fingerprint density at radius 1 is 1.20 bits per heavy atom. The number of allylic oxidation sites excluding steroid dienone is 2. The molecule has 0 spiro atoms. The fourth-order valence-electron chi connectivity index (χ4n) is 5.72. The lowest BCUT2D eigenvalue weighted by Crippen LogP contribution is -2.33. The van der Waals surface area contributed by atoms with E-state index in [0.29, 0.717) is 34.2 Å². The normalized spacial score (nSPS) is 21.2. The van der Waals surface area contributed by atoms with Crippen molar-refractivity contribution >= 4 is 37.4 Å². The van der Waals surface area contributed by atoms with Gasteiger partial charge in [-0.1, -0.05) is 33.3 Å². The Kier molecular flexibility index (Phi) is 9.60. The first kappa shape index (κ1) is 30.1. The van der Waals surface area contributed by atoms with Crippen LogP contribution >= 0.6 is 15.9 Å². The van der Waals surface area contributed by atoms with Crippen LogP contribution in [0.1, 0.15) is 70.4 Å². The van der Waals surface area contributed by atoms with Gasteiger partial charge in [0.15, 0.2) is 11.5 Å². The summed E-state index contributed by atoms with van der Waals surface area (Å²) in [6, 6.07) is 9.35. The average Bonchev–Trinajstić information content (AvgIpc) is 2.92. The van der Waals surface area contributed by atoms with Crippen LogP contribution in [0.2, 0.25) is 0 Å². The Morgan fingerprint density at radius 3 is 2.58 bits per heavy atom. The second kappa shape index (κ2) is 12.8. The van der Waals surface area contributed by atoms with Crippen LogP contribution in [0.5, 0.6) is 5.75 Å². The number of aliphatic imine (C=N–C) groups is 1. The molecular weight excluding hydrogens is 592 g/mol. The highest BCUT2D eigenvalue weighted by molar-refractivity contribution is 9.10. The van der Waals surface area contributed by atoms with Crippen molar-refractivity contribution in [2.75, 3.05) is 13.1 Å². The lowest BCUT2D eigenvalue weighted by molar-refractivity contribution is -0.117. The summed E-state index contributed by atoms with van der Waals surface area (Å²) in [4.78, 5) is 22.4. The second-order valence-electron chi connectivity index (χ2n) is 10.3. The molecule has 0 amide bonds. The fourth-order valence-corrected chi connectivity index (χ4v) is 8.09. The predicted molar refractivity (Wildman–Crippen MR) is 157 cm³/mol. The zero-order valence-electron chi connectivity index (χ0n) is 23.4. The number of hydrogen-bond donors (Lipinski definition) is 0. The summed E-state index contributed by atoms with van der Waals surface area (Å²) < 4.78 is 35.8. The van der Waals surface area contributed by atoms with E-state index in [2.05, 4.69) is 33.9 Å². The van der Waals surface area contributed by atoms with Gasteiger partial charge in [-0.05, 0) is 65.4 Å². The summed E-state index contributed by atoms with van der Waals surface area (Å²) in [5, 5.41) is 10.2. The summed E-state index contributed by atoms with van der Waals surface area (Å²) >= 11 is 3.58. The molecule has 1 aliphatic heterocycles. The number of sulfonamides is 1. The first-order valence-corrected chi connectivity index (χ1v) is 16.0. The van der Waals surface area contributed by atoms with Gasteiger partial charge < -0.3 is 4.74 Å². The molecule has 2 aromatic rings. The molecule has 0 radical (unpaired) electrons. The highest BCUT2D eigenvalue weighted by atomic mass is 79.9. The van der Waals surface area contributed by atoms with Gasteiger partial charge in [-0.2, -0.15) is 9.57 Å². The van der Waals surface area contributed by atoms with E-state index >= 15 is 0 Å². The Bertz CT molecular complexity index is 1480. The third-order valence-corrected chi connectivity index (χ3v) is 10.3. The van der Waals surface area contributed by atoms with E-state index in [0.717, 1.165) is 24.1 Å². The van der Waals surface area contributed by atoms with Crippen molar-refractivity contribution in [2.45, 2.75) is 70.8 Å². The maximum absolute atomic E-state index is 13.9. The smallest absolute Gasteiger partial charge is 0.246 e. The molecule has 2 aliphatic rings. The van der Waals surface area contributed by atoms with E-state index in [9.17, 15) is 18.5 Å². The zero-order chi connectivity index (χ0) is 29.0. The lowest BCUT2D eigenvalue weighted by Gasteiger charge is -2.35. The highest BCUT2D eigenvalue weighted by Crippen LogP contribution is 2.47. The molecule has 0 saturated heterocycles. The van der Waals surface area contributed by atoms with Crippen LogP contribution in [0.25, 0.3) is 0 Å². The maximum Gasteiger partial charge on any atom is 0.246 e. The van der Waals surface area contributed by atoms with Gasteiger partial charge in [0.2, 0.25) is 10.0 Å². The zero-order valence-corrected chi connectivity index (χ0v) is 25.8. The molecule has 40 heavy (non-hydrogen) atoms. The van der Waals surface area contributed by atoms with Crippen LogP contribution in [0.15, 0.2) is 62.3 Å². The first-order valence-electron chi connectivity index (χ1n) is 13.7. The Labute approximate surface area is 245 Å². The van der Waals surface area contributed by atoms with E-state index in [1.165, 1.54) is 4.31 Å². The summed E-state index contributed by atoms with van der Waals surface area (Å²) in [5.41, 5.74) is 3.26. The SMILES string of the molecule is CCCC1CC(=O)C2=C(C1)N=C(C)C(C#N)C2c1cc(Br)c(OCc2cccnc2)c(S(=O)(=O)N(CC)CC)c1. The Hall–Kier alpha value is -2.87. The number of halogens is 1. The predicted octanol–water partition coefficient (Wildman–Crippen LogP) is 6.18. The highest BCUT2D eigenvalue weighted by Gasteiger charge is 2.42. The summed E-state index contributed by atoms with van der Waals surface area (Å²) in [6.45, 7) is 8.17. The van der Waals surface area contributed by atoms with E-state index in [4.69, 9.17) is 9.73 Å². The molecule has 212 valence electrons. The number of rotatable bonds is 10. The third kappa shape index (κ3) is 5.92. The monoisotopic (exact) mass is 626 g/mol. The molecule has 4 rings (SSSR count). The third-order valence-electron chi connectivity index (χ3n) is 7.63. The molecule has 2 heterocycles. The number of hydrogen-bond acceptors (Lipinski definition) is 7. The molecule has 10 heteroatoms. The van der Waals surface area contributed by atoms with E-state index in [1.54, 1.807) is 44.4 Å². The number of Topliss-reactive ketones (excluding diaryl/α,β-unsaturated/α-hetero) is 1. The molecule has 0 saturated carbocycles. The van der Waals surface area contributed by atoms with E-state index in [1.807, 2.05) is 13.0 Å². The molecule has 8 nitrogen and oxygen atoms in total. The summed E-state index contributed by atoms with van der Waals surface area (Å²) in [6.07, 6.45) is 6.33. The van der Waals surface area contributed by atoms with E-state index in [-0.39, 0.29) is 42.0 Å². The van der Waals surface area contributed by atoms with Crippen molar-refractivity contribution in [1.82, 2.24) is 9.29 Å². The molecule has 3 unspecified atom stereocenters. The van der Waals surface area contributed by atoms with Gasteiger partial charge in [0.05, 0.1) is 16.5 Å². The number of ether oxygens (including phenoxy) is 1. The number of carbonyl (C=O) groups excluding carboxylic acids is 1. The molecule has 3 atom stereocenters. The molecule has 1 aromatic heterocycles. The number of nitriles is 1. The van der Waals surface area contributed by atoms with Gasteiger partial charge in [0.1, 0.15) is 11.5 Å². The standard InChI is InChI=1S/C30H35BrN4O4S/c1-5-9-20-12-25-29(26(36)13-20)28(23(16-32)19(4)34-25)22-14-24(31)30(39-18-21-10-8-11-33-17-21)27(15-22)40(37,38)35(6-2)7-3/h8,10-11,14-15,17,20,23,28H,5-7,9,12-13,18H2,1-4H3. The molecule has 0 N–H and O–H groups in total. The quantitative estimate of drug-likeness (QED) is 0.311. The number of pyridine rings is 1. The van der Waals surface area contributed by atoms with Crippen molar-refractivity contribution in [1.29, 1.82) is 5.26 Å². The van der Waals surface area contributed by atoms with Gasteiger partial charge in [-0.3, -0.25) is 14.8 Å². The number of aromatic nitrogens is 1. The van der Waals surface area contributed by atoms with Gasteiger partial charge in [-0.15, -0.1) is 0 Å². The van der Waals surface area contributed by atoms with Crippen LogP contribution in [0.3, 0.4) is 0 Å². The minimum atomic E-state index is -3.97. The molecule has 1 aliphatic carbocycles. The topological polar surface area (TPSA) is 113 Å². The minimum absolute atomic E-state index is 0.00408. The van der Waals surface area contributed by atoms with E-state index < -0.39 is 21.9 Å². The van der Waals surface area contributed by atoms with Crippen LogP contribution in [0.4, 0.5) is 0 Å². The van der Waals surface area contributed by atoms with Gasteiger partial charge in [0.25, 0.3) is 0 Å². The van der Waals surface area contributed by atoms with Crippen LogP contribution in [-0.4, -0.2) is 42.3 Å². The van der Waals surface area contributed by atoms with Crippen molar-refractivity contribution < 1.29 is 17.9 Å². The molecule has 0 bridgehead atoms. The number of benzene rings is 1. The van der Waals surface area contributed by atoms with Crippen LogP contribution < -0.4 is 4.74 Å². The van der Waals surface area contributed by atoms with Crippen LogP contribution in [-0.2, 0) is 21.4 Å². The maximum atomic E-state index is 13.9. The summed E-state index contributed by atoms with van der Waals surface area (Å²) in [7, 11) is -3.97. The fraction of sp³-hybridized carbons (Fsp3) is 0.467. The van der Waals surface area contributed by atoms with Gasteiger partial charge >= 0.3 is 0 Å². The van der Waals surface area contributed by atoms with Crippen LogP contribution in [0, 0.1) is 23.2 Å². The van der Waals surface area contributed by atoms with Crippen molar-refractivity contribution in [2.24, 2.45) is 16.8 Å². The summed E-state index contributed by atoms with van der Waals surface area (Å²) in [5.74, 6) is -0.921. The second-order valence-corrected chi connectivity index (χ2v) is 13.0. The molecular formula is C30H35BrN4O4S. The van der Waals surface area contributed by atoms with Crippen molar-refractivity contribution in [3.63, 3.8) is 0 Å². The number of nitrogens with zero attached hydrogens (tertiary/aromatic N) is 4. The average molecular weight is 628 g/mol. The lowest BCUT2D eigenvalue weighted by atomic mass is 9.70. The largest absolute Gasteiger partial charge is 0.486 e. The minimum Gasteiger partial charge on any atom is -0.486 e. The number of carbonyl (C=O) groups is 1. The Morgan fingerprint density at radius 2 is 1.95 bits per heavy atom. The Balaban J connectivity index is 1.88.